The average Bonchev–Trinajstić information content (AvgIpc) is 2.67. The molecular formula is C17H21N2NaO10S. The molecule has 0 saturated carbocycles. The van der Waals surface area contributed by atoms with Gasteiger partial charge in [0.1, 0.15) is 30.1 Å². The molecule has 5 atom stereocenters. The predicted molar refractivity (Wildman–Crippen MR) is 99.8 cm³/mol. The Morgan fingerprint density at radius 2 is 1.87 bits per heavy atom. The second-order valence-electron chi connectivity index (χ2n) is 6.28. The number of hydrogen-bond donors (Lipinski definition) is 4. The minimum atomic E-state index is -5.07. The van der Waals surface area contributed by atoms with E-state index in [2.05, 4.69) is 21.4 Å². The average molecular weight is 468 g/mol. The Balaban J connectivity index is 0.00000480. The number of carbonyl (C=O) groups is 2. The summed E-state index contributed by atoms with van der Waals surface area (Å²) in [5, 5.41) is 25.4. The van der Waals surface area contributed by atoms with Crippen LogP contribution in [0.5, 0.6) is 5.75 Å². The van der Waals surface area contributed by atoms with E-state index in [9.17, 15) is 32.8 Å². The molecular weight excluding hydrogens is 447 g/mol. The molecule has 14 heteroatoms. The largest absolute Gasteiger partial charge is 1.00 e. The van der Waals surface area contributed by atoms with Crippen LogP contribution < -0.4 is 44.9 Å². The molecule has 4 N–H and O–H groups in total. The van der Waals surface area contributed by atoms with Crippen LogP contribution in [0.2, 0.25) is 0 Å². The van der Waals surface area contributed by atoms with Crippen molar-refractivity contribution >= 4 is 27.9 Å². The quantitative estimate of drug-likeness (QED) is 0.126. The normalized spacial score (nSPS) is 25.6. The van der Waals surface area contributed by atoms with E-state index in [4.69, 9.17) is 9.47 Å². The van der Waals surface area contributed by atoms with Crippen molar-refractivity contribution in [3.8, 4) is 5.75 Å². The van der Waals surface area contributed by atoms with Gasteiger partial charge in [-0.15, -0.1) is 0 Å². The number of anilines is 1. The third-order valence-corrected chi connectivity index (χ3v) is 4.43. The van der Waals surface area contributed by atoms with Crippen molar-refractivity contribution in [1.29, 1.82) is 0 Å². The maximum atomic E-state index is 11.5. The zero-order valence-corrected chi connectivity index (χ0v) is 19.6. The maximum absolute atomic E-state index is 11.5. The SMILES string of the molecule is C=CC(=O)Nc1ccc(O[C@@H]2OC(COS(=O)(=O)[O-])[C@@H](O)[C@H](O)C2NC(C)=O)cc1.[Na+]. The summed E-state index contributed by atoms with van der Waals surface area (Å²) in [7, 11) is -5.07. The van der Waals surface area contributed by atoms with Crippen LogP contribution in [-0.2, 0) is 28.9 Å². The van der Waals surface area contributed by atoms with Gasteiger partial charge in [-0.3, -0.25) is 13.8 Å². The molecule has 0 aliphatic carbocycles. The Hall–Kier alpha value is -1.55. The predicted octanol–water partition coefficient (Wildman–Crippen LogP) is -4.38. The Bertz CT molecular complexity index is 879. The summed E-state index contributed by atoms with van der Waals surface area (Å²) in [6.07, 6.45) is -5.02. The van der Waals surface area contributed by atoms with Gasteiger partial charge in [-0.1, -0.05) is 6.58 Å². The number of benzene rings is 1. The molecule has 1 saturated heterocycles. The van der Waals surface area contributed by atoms with Crippen LogP contribution in [0.3, 0.4) is 0 Å². The van der Waals surface area contributed by atoms with Gasteiger partial charge in [0.25, 0.3) is 0 Å². The first-order valence-electron chi connectivity index (χ1n) is 8.59. The van der Waals surface area contributed by atoms with E-state index in [1.165, 1.54) is 31.2 Å². The van der Waals surface area contributed by atoms with Crippen molar-refractivity contribution in [2.75, 3.05) is 11.9 Å². The van der Waals surface area contributed by atoms with Crippen molar-refractivity contribution in [2.45, 2.75) is 37.6 Å². The zero-order chi connectivity index (χ0) is 22.5. The summed E-state index contributed by atoms with van der Waals surface area (Å²) >= 11 is 0. The molecule has 0 radical (unpaired) electrons. The zero-order valence-electron chi connectivity index (χ0n) is 16.8. The first-order chi connectivity index (χ1) is 14.0. The Morgan fingerprint density at radius 3 is 2.39 bits per heavy atom. The molecule has 2 rings (SSSR count). The van der Waals surface area contributed by atoms with Gasteiger partial charge in [-0.05, 0) is 30.3 Å². The molecule has 2 amide bonds. The third kappa shape index (κ3) is 8.48. The second kappa shape index (κ2) is 11.9. The minimum absolute atomic E-state index is 0. The summed E-state index contributed by atoms with van der Waals surface area (Å²) in [5.74, 6) is -0.771. The topological polar surface area (TPSA) is 184 Å². The summed E-state index contributed by atoms with van der Waals surface area (Å²) in [6, 6.07) is 4.69. The second-order valence-corrected chi connectivity index (χ2v) is 7.33. The Morgan fingerprint density at radius 1 is 1.26 bits per heavy atom. The number of carbonyl (C=O) groups excluding carboxylic acids is 2. The molecule has 1 aliphatic rings. The molecule has 1 aromatic carbocycles. The molecule has 12 nitrogen and oxygen atoms in total. The smallest absolute Gasteiger partial charge is 0.726 e. The van der Waals surface area contributed by atoms with E-state index in [0.717, 1.165) is 6.08 Å². The maximum Gasteiger partial charge on any atom is 1.00 e. The summed E-state index contributed by atoms with van der Waals surface area (Å²) in [6.45, 7) is 3.64. The fourth-order valence-electron chi connectivity index (χ4n) is 2.65. The summed E-state index contributed by atoms with van der Waals surface area (Å²) < 4.78 is 47.2. The van der Waals surface area contributed by atoms with E-state index in [-0.39, 0.29) is 35.3 Å². The summed E-state index contributed by atoms with van der Waals surface area (Å²) in [4.78, 5) is 22.8. The van der Waals surface area contributed by atoms with Crippen molar-refractivity contribution in [3.63, 3.8) is 0 Å². The van der Waals surface area contributed by atoms with Gasteiger partial charge in [-0.2, -0.15) is 0 Å². The fraction of sp³-hybridized carbons (Fsp3) is 0.412. The summed E-state index contributed by atoms with van der Waals surface area (Å²) in [5.41, 5.74) is 0.442. The molecule has 1 fully saturated rings. The van der Waals surface area contributed by atoms with Crippen LogP contribution in [-0.4, -0.2) is 72.2 Å². The van der Waals surface area contributed by atoms with Gasteiger partial charge >= 0.3 is 29.6 Å². The third-order valence-electron chi connectivity index (χ3n) is 4.01. The van der Waals surface area contributed by atoms with E-state index < -0.39 is 59.5 Å². The molecule has 1 aliphatic heterocycles. The molecule has 31 heavy (non-hydrogen) atoms. The fourth-order valence-corrected chi connectivity index (χ4v) is 2.95. The van der Waals surface area contributed by atoms with Crippen molar-refractivity contribution in [2.24, 2.45) is 0 Å². The van der Waals surface area contributed by atoms with Crippen molar-refractivity contribution in [3.05, 3.63) is 36.9 Å². The molecule has 0 aromatic heterocycles. The molecule has 0 spiro atoms. The monoisotopic (exact) mass is 468 g/mol. The van der Waals surface area contributed by atoms with Crippen LogP contribution in [0.15, 0.2) is 36.9 Å². The molecule has 166 valence electrons. The number of aliphatic hydroxyl groups excluding tert-OH is 2. The number of rotatable bonds is 8. The Kier molecular flexibility index (Phi) is 10.5. The van der Waals surface area contributed by atoms with Gasteiger partial charge in [0.2, 0.25) is 28.5 Å². The van der Waals surface area contributed by atoms with Crippen LogP contribution in [0.4, 0.5) is 5.69 Å². The van der Waals surface area contributed by atoms with Gasteiger partial charge in [0.05, 0.1) is 6.61 Å². The first-order valence-corrected chi connectivity index (χ1v) is 9.92. The molecule has 1 aromatic rings. The minimum Gasteiger partial charge on any atom is -0.726 e. The molecule has 2 unspecified atom stereocenters. The van der Waals surface area contributed by atoms with Crippen LogP contribution in [0, 0.1) is 0 Å². The first kappa shape index (κ1) is 27.5. The van der Waals surface area contributed by atoms with E-state index >= 15 is 0 Å². The van der Waals surface area contributed by atoms with Crippen LogP contribution in [0.1, 0.15) is 6.92 Å². The number of hydrogen-bond acceptors (Lipinski definition) is 10. The number of nitrogens with one attached hydrogen (secondary N) is 2. The number of ether oxygens (including phenoxy) is 2. The number of amides is 2. The van der Waals surface area contributed by atoms with Gasteiger partial charge in [0, 0.05) is 12.6 Å². The van der Waals surface area contributed by atoms with Crippen LogP contribution in [0.25, 0.3) is 0 Å². The van der Waals surface area contributed by atoms with Gasteiger partial charge < -0.3 is 34.9 Å². The van der Waals surface area contributed by atoms with Crippen molar-refractivity contribution < 1.29 is 76.0 Å². The molecule has 1 heterocycles. The van der Waals surface area contributed by atoms with E-state index in [1.54, 1.807) is 0 Å². The van der Waals surface area contributed by atoms with E-state index in [0.29, 0.717) is 5.69 Å². The van der Waals surface area contributed by atoms with Crippen LogP contribution >= 0.6 is 0 Å². The molecule has 0 bridgehead atoms. The van der Waals surface area contributed by atoms with Gasteiger partial charge in [-0.25, -0.2) is 8.42 Å². The number of aliphatic hydroxyl groups is 2. The Labute approximate surface area is 200 Å². The van der Waals surface area contributed by atoms with Gasteiger partial charge in [0.15, 0.2) is 0 Å². The van der Waals surface area contributed by atoms with E-state index in [1.807, 2.05) is 0 Å². The standard InChI is InChI=1S/C17H22N2O10S.Na/c1-3-13(21)19-10-4-6-11(7-5-10)28-17-14(18-9(2)20)16(23)15(22)12(29-17)8-27-30(24,25)26;/h3-7,12,14-17,22-23H,1,8H2,2H3,(H,18,20)(H,19,21)(H,24,25,26);/q;+1/p-1/t12?,14?,15-,16-,17-;/m1./s1. The van der Waals surface area contributed by atoms with Crippen molar-refractivity contribution in [1.82, 2.24) is 5.32 Å².